The molecular weight excluding hydrogens is 555 g/mol. The predicted octanol–water partition coefficient (Wildman–Crippen LogP) is 5.15. The van der Waals surface area contributed by atoms with Crippen molar-refractivity contribution in [2.75, 3.05) is 31.1 Å². The highest BCUT2D eigenvalue weighted by molar-refractivity contribution is 7.90. The minimum absolute atomic E-state index is 0.207. The zero-order valence-electron chi connectivity index (χ0n) is 22.7. The van der Waals surface area contributed by atoms with Gasteiger partial charge in [0.1, 0.15) is 10.6 Å². The van der Waals surface area contributed by atoms with Crippen molar-refractivity contribution in [3.05, 3.63) is 83.6 Å². The highest BCUT2D eigenvalue weighted by Gasteiger charge is 2.39. The van der Waals surface area contributed by atoms with E-state index in [4.69, 9.17) is 0 Å². The summed E-state index contributed by atoms with van der Waals surface area (Å²) in [7, 11) is -3.98. The highest BCUT2D eigenvalue weighted by atomic mass is 32.2. The van der Waals surface area contributed by atoms with Crippen LogP contribution < -0.4 is 10.2 Å². The van der Waals surface area contributed by atoms with E-state index >= 15 is 0 Å². The molecular formula is C31H31N5O3S2. The minimum atomic E-state index is -3.98. The van der Waals surface area contributed by atoms with Crippen molar-refractivity contribution in [1.29, 1.82) is 0 Å². The van der Waals surface area contributed by atoms with E-state index in [1.54, 1.807) is 24.5 Å². The number of pyridine rings is 1. The second-order valence-corrected chi connectivity index (χ2v) is 13.7. The molecule has 2 aliphatic rings. The quantitative estimate of drug-likeness (QED) is 0.284. The van der Waals surface area contributed by atoms with Gasteiger partial charge in [-0.2, -0.15) is 0 Å². The lowest BCUT2D eigenvalue weighted by Gasteiger charge is -2.34. The first-order valence-electron chi connectivity index (χ1n) is 13.9. The number of thiazole rings is 1. The highest BCUT2D eigenvalue weighted by Crippen LogP contribution is 2.45. The largest absolute Gasteiger partial charge is 0.383 e. The summed E-state index contributed by atoms with van der Waals surface area (Å²) in [5.41, 5.74) is 3.79. The first-order chi connectivity index (χ1) is 19.8. The predicted molar refractivity (Wildman–Crippen MR) is 163 cm³/mol. The number of nitrogens with one attached hydrogen (secondary N) is 1. The molecule has 2 aromatic carbocycles. The normalized spacial score (nSPS) is 17.1. The SMILES string of the molecule is Cc1ccc(S(=O)(=O)n2c(-c3ccc(N4CCNCC4)cc3)cc3c(-c4cnc(C5(O)CCC5)s4)ccnc32)cc1. The van der Waals surface area contributed by atoms with Gasteiger partial charge in [-0.3, -0.25) is 0 Å². The van der Waals surface area contributed by atoms with Crippen LogP contribution in [0.5, 0.6) is 0 Å². The second kappa shape index (κ2) is 10.1. The van der Waals surface area contributed by atoms with Crippen LogP contribution in [0.4, 0.5) is 5.69 Å². The number of anilines is 1. The van der Waals surface area contributed by atoms with Crippen LogP contribution in [0.1, 0.15) is 29.8 Å². The molecule has 2 N–H and O–H groups in total. The summed E-state index contributed by atoms with van der Waals surface area (Å²) in [6.07, 6.45) is 5.84. The van der Waals surface area contributed by atoms with Gasteiger partial charge in [0.15, 0.2) is 5.65 Å². The van der Waals surface area contributed by atoms with Crippen molar-refractivity contribution in [2.24, 2.45) is 0 Å². The molecule has 2 fully saturated rings. The van der Waals surface area contributed by atoms with Crippen molar-refractivity contribution in [3.8, 4) is 21.7 Å². The lowest BCUT2D eigenvalue weighted by atomic mass is 9.81. The van der Waals surface area contributed by atoms with Crippen molar-refractivity contribution < 1.29 is 13.5 Å². The van der Waals surface area contributed by atoms with Crippen LogP contribution in [-0.4, -0.2) is 53.6 Å². The number of piperazine rings is 1. The summed E-state index contributed by atoms with van der Waals surface area (Å²) in [5.74, 6) is 0. The number of nitrogens with zero attached hydrogens (tertiary/aromatic N) is 4. The molecule has 0 radical (unpaired) electrons. The Morgan fingerprint density at radius 2 is 1.71 bits per heavy atom. The van der Waals surface area contributed by atoms with Gasteiger partial charge >= 0.3 is 0 Å². The summed E-state index contributed by atoms with van der Waals surface area (Å²) in [6, 6.07) is 18.8. The van der Waals surface area contributed by atoms with Crippen molar-refractivity contribution in [1.82, 2.24) is 19.3 Å². The number of fused-ring (bicyclic) bond motifs is 1. The molecule has 10 heteroatoms. The monoisotopic (exact) mass is 585 g/mol. The molecule has 8 nitrogen and oxygen atoms in total. The first kappa shape index (κ1) is 26.3. The molecule has 7 rings (SSSR count). The molecule has 0 unspecified atom stereocenters. The van der Waals surface area contributed by atoms with E-state index in [0.717, 1.165) is 65.2 Å². The summed E-state index contributed by atoms with van der Waals surface area (Å²) < 4.78 is 29.8. The Labute approximate surface area is 243 Å². The van der Waals surface area contributed by atoms with E-state index in [0.29, 0.717) is 29.2 Å². The fourth-order valence-corrected chi connectivity index (χ4v) is 8.24. The Morgan fingerprint density at radius 1 is 0.976 bits per heavy atom. The summed E-state index contributed by atoms with van der Waals surface area (Å²) in [5, 5.41) is 15.7. The molecule has 210 valence electrons. The summed E-state index contributed by atoms with van der Waals surface area (Å²) >= 11 is 1.46. The van der Waals surface area contributed by atoms with Crippen LogP contribution in [0.25, 0.3) is 32.7 Å². The van der Waals surface area contributed by atoms with Crippen LogP contribution in [0.15, 0.2) is 78.0 Å². The van der Waals surface area contributed by atoms with Crippen molar-refractivity contribution in [3.63, 3.8) is 0 Å². The van der Waals surface area contributed by atoms with Crippen LogP contribution in [0.2, 0.25) is 0 Å². The van der Waals surface area contributed by atoms with Gasteiger partial charge in [-0.25, -0.2) is 22.4 Å². The zero-order chi connectivity index (χ0) is 28.2. The summed E-state index contributed by atoms with van der Waals surface area (Å²) in [6.45, 7) is 5.68. The van der Waals surface area contributed by atoms with E-state index in [1.807, 2.05) is 43.3 Å². The number of benzene rings is 2. The fraction of sp³-hybridized carbons (Fsp3) is 0.290. The molecule has 3 aromatic heterocycles. The maximum Gasteiger partial charge on any atom is 0.269 e. The first-order valence-corrected chi connectivity index (χ1v) is 16.2. The van der Waals surface area contributed by atoms with E-state index in [-0.39, 0.29) is 4.90 Å². The molecule has 1 aliphatic heterocycles. The van der Waals surface area contributed by atoms with Crippen LogP contribution in [-0.2, 0) is 15.6 Å². The van der Waals surface area contributed by atoms with Gasteiger partial charge < -0.3 is 15.3 Å². The van der Waals surface area contributed by atoms with Crippen molar-refractivity contribution >= 4 is 38.1 Å². The molecule has 0 bridgehead atoms. The molecule has 4 heterocycles. The van der Waals surface area contributed by atoms with Gasteiger partial charge in [0, 0.05) is 55.2 Å². The average Bonchev–Trinajstić information content (AvgIpc) is 3.63. The number of rotatable bonds is 6. The number of aliphatic hydroxyl groups is 1. The Kier molecular flexibility index (Phi) is 6.46. The standard InChI is InChI=1S/C31H31N5O3S2/c1-21-3-9-24(10-4-21)41(38,39)36-27(22-5-7-23(8-6-22)35-17-15-32-16-18-35)19-26-25(11-14-33-29(26)36)28-20-34-30(40-28)31(37)12-2-13-31/h3-11,14,19-20,32,37H,2,12-13,15-18H2,1H3. The van der Waals surface area contributed by atoms with Gasteiger partial charge in [-0.1, -0.05) is 29.8 Å². The van der Waals surface area contributed by atoms with E-state index < -0.39 is 15.6 Å². The molecule has 1 saturated heterocycles. The molecule has 0 amide bonds. The maximum atomic E-state index is 14.2. The maximum absolute atomic E-state index is 14.2. The zero-order valence-corrected chi connectivity index (χ0v) is 24.4. The Morgan fingerprint density at radius 3 is 2.39 bits per heavy atom. The van der Waals surface area contributed by atoms with Gasteiger partial charge in [0.05, 0.1) is 15.5 Å². The number of hydrogen-bond donors (Lipinski definition) is 2. The number of aryl methyl sites for hydroxylation is 1. The molecule has 41 heavy (non-hydrogen) atoms. The lowest BCUT2D eigenvalue weighted by molar-refractivity contribution is -0.0389. The molecule has 1 saturated carbocycles. The topological polar surface area (TPSA) is 100 Å². The molecule has 1 aliphatic carbocycles. The molecule has 5 aromatic rings. The Balaban J connectivity index is 1.39. The number of hydrogen-bond acceptors (Lipinski definition) is 8. The van der Waals surface area contributed by atoms with Gasteiger partial charge in [-0.15, -0.1) is 11.3 Å². The van der Waals surface area contributed by atoms with E-state index in [2.05, 4.69) is 32.3 Å². The average molecular weight is 586 g/mol. The Bertz CT molecular complexity index is 1830. The third kappa shape index (κ3) is 4.55. The molecule has 0 spiro atoms. The van der Waals surface area contributed by atoms with E-state index in [1.165, 1.54) is 15.3 Å². The van der Waals surface area contributed by atoms with Crippen molar-refractivity contribution in [2.45, 2.75) is 36.7 Å². The smallest absolute Gasteiger partial charge is 0.269 e. The van der Waals surface area contributed by atoms with Crippen LogP contribution in [0.3, 0.4) is 0 Å². The lowest BCUT2D eigenvalue weighted by Crippen LogP contribution is -2.43. The third-order valence-corrected chi connectivity index (χ3v) is 11.2. The van der Waals surface area contributed by atoms with E-state index in [9.17, 15) is 13.5 Å². The van der Waals surface area contributed by atoms with Gasteiger partial charge in [0.25, 0.3) is 10.0 Å². The minimum Gasteiger partial charge on any atom is -0.383 e. The van der Waals surface area contributed by atoms with Crippen LogP contribution >= 0.6 is 11.3 Å². The van der Waals surface area contributed by atoms with Crippen LogP contribution in [0, 0.1) is 6.92 Å². The third-order valence-electron chi connectivity index (χ3n) is 8.22. The molecule has 0 atom stereocenters. The second-order valence-electron chi connectivity index (χ2n) is 10.9. The number of aromatic nitrogens is 3. The fourth-order valence-electron chi connectivity index (χ4n) is 5.66. The van der Waals surface area contributed by atoms with Gasteiger partial charge in [-0.05, 0) is 68.1 Å². The summed E-state index contributed by atoms with van der Waals surface area (Å²) in [4.78, 5) is 12.6. The Hall–Kier alpha value is -3.57. The van der Waals surface area contributed by atoms with Gasteiger partial charge in [0.2, 0.25) is 0 Å².